The first-order valence-corrected chi connectivity index (χ1v) is 6.35. The minimum atomic E-state index is -0.184. The molecule has 0 saturated carbocycles. The van der Waals surface area contributed by atoms with Gasteiger partial charge in [0.1, 0.15) is 0 Å². The lowest BCUT2D eigenvalue weighted by Gasteiger charge is -2.17. The highest BCUT2D eigenvalue weighted by atomic mass is 16.1. The Morgan fingerprint density at radius 2 is 2.00 bits per heavy atom. The van der Waals surface area contributed by atoms with E-state index in [9.17, 15) is 9.59 Å². The largest absolute Gasteiger partial charge is 0.360 e. The van der Waals surface area contributed by atoms with Crippen LogP contribution in [-0.2, 0) is 12.8 Å². The molecular formula is C15H15NO2. The number of hydrogen-bond donors (Lipinski definition) is 1. The second-order valence-electron chi connectivity index (χ2n) is 4.92. The van der Waals surface area contributed by atoms with E-state index in [4.69, 9.17) is 0 Å². The molecule has 1 aliphatic carbocycles. The highest BCUT2D eigenvalue weighted by Crippen LogP contribution is 2.26. The van der Waals surface area contributed by atoms with Crippen LogP contribution in [0.3, 0.4) is 0 Å². The van der Waals surface area contributed by atoms with E-state index in [-0.39, 0.29) is 16.8 Å². The summed E-state index contributed by atoms with van der Waals surface area (Å²) in [5, 5.41) is 0.642. The predicted molar refractivity (Wildman–Crippen MR) is 71.2 cm³/mol. The van der Waals surface area contributed by atoms with Gasteiger partial charge in [-0.05, 0) is 49.8 Å². The Morgan fingerprint density at radius 1 is 1.22 bits per heavy atom. The quantitative estimate of drug-likeness (QED) is 0.780. The summed E-state index contributed by atoms with van der Waals surface area (Å²) in [5.41, 5.74) is 3.61. The molecule has 1 aromatic carbocycles. The number of H-pyrrole nitrogens is 1. The number of rotatable bonds is 1. The molecule has 0 aliphatic heterocycles. The number of benzene rings is 1. The molecule has 0 radical (unpaired) electrons. The molecule has 0 spiro atoms. The van der Waals surface area contributed by atoms with Crippen LogP contribution in [0.1, 0.15) is 41.3 Å². The summed E-state index contributed by atoms with van der Waals surface area (Å²) < 4.78 is 0. The molecule has 3 rings (SSSR count). The van der Waals surface area contributed by atoms with Gasteiger partial charge in [0.05, 0.1) is 11.1 Å². The van der Waals surface area contributed by atoms with Crippen LogP contribution in [0.15, 0.2) is 23.1 Å². The smallest absolute Gasteiger partial charge is 0.200 e. The zero-order chi connectivity index (χ0) is 12.7. The Hall–Kier alpha value is -1.90. The number of nitrogens with one attached hydrogen (secondary N) is 1. The molecule has 0 bridgehead atoms. The van der Waals surface area contributed by atoms with Gasteiger partial charge >= 0.3 is 0 Å². The van der Waals surface area contributed by atoms with Crippen LogP contribution >= 0.6 is 0 Å². The van der Waals surface area contributed by atoms with E-state index >= 15 is 0 Å². The molecule has 1 aromatic heterocycles. The molecule has 3 nitrogen and oxygen atoms in total. The van der Waals surface area contributed by atoms with E-state index in [1.807, 2.05) is 12.1 Å². The van der Waals surface area contributed by atoms with Crippen molar-refractivity contribution in [3.63, 3.8) is 0 Å². The molecule has 2 aromatic rings. The maximum atomic E-state index is 12.2. The highest BCUT2D eigenvalue weighted by Gasteiger charge is 2.16. The molecule has 92 valence electrons. The first-order chi connectivity index (χ1) is 8.68. The van der Waals surface area contributed by atoms with Crippen LogP contribution < -0.4 is 5.43 Å². The molecule has 1 aliphatic rings. The van der Waals surface area contributed by atoms with Gasteiger partial charge in [-0.15, -0.1) is 0 Å². The van der Waals surface area contributed by atoms with Gasteiger partial charge in [0.25, 0.3) is 0 Å². The third-order valence-corrected chi connectivity index (χ3v) is 3.76. The fraction of sp³-hybridized carbons (Fsp3) is 0.333. The fourth-order valence-electron chi connectivity index (χ4n) is 2.80. The van der Waals surface area contributed by atoms with E-state index in [0.717, 1.165) is 18.4 Å². The highest BCUT2D eigenvalue weighted by molar-refractivity contribution is 5.97. The maximum absolute atomic E-state index is 12.2. The molecule has 3 heteroatoms. The molecule has 18 heavy (non-hydrogen) atoms. The van der Waals surface area contributed by atoms with Crippen LogP contribution in [0.25, 0.3) is 10.9 Å². The van der Waals surface area contributed by atoms with Gasteiger partial charge in [0.2, 0.25) is 0 Å². The maximum Gasteiger partial charge on any atom is 0.200 e. The number of carbonyl (C=O) groups is 1. The van der Waals surface area contributed by atoms with Crippen LogP contribution in [0.2, 0.25) is 0 Å². The third kappa shape index (κ3) is 1.58. The number of carbonyl (C=O) groups excluding carboxylic acids is 1. The lowest BCUT2D eigenvalue weighted by atomic mass is 9.89. The van der Waals surface area contributed by atoms with E-state index < -0.39 is 0 Å². The number of hydrogen-bond acceptors (Lipinski definition) is 2. The van der Waals surface area contributed by atoms with Gasteiger partial charge in [0.15, 0.2) is 11.2 Å². The Balaban J connectivity index is 2.35. The third-order valence-electron chi connectivity index (χ3n) is 3.76. The second kappa shape index (κ2) is 4.09. The van der Waals surface area contributed by atoms with Crippen molar-refractivity contribution in [2.24, 2.45) is 0 Å². The molecule has 0 unspecified atom stereocenters. The number of aromatic nitrogens is 1. The van der Waals surface area contributed by atoms with E-state index in [1.165, 1.54) is 30.9 Å². The standard InChI is InChI=1S/C15H15NO2/c1-9(17)13-8-16-14-11-5-3-2-4-10(11)6-7-12(14)15(13)18/h6-8H,2-5H2,1H3,(H,16,18). The van der Waals surface area contributed by atoms with Crippen LogP contribution in [-0.4, -0.2) is 10.8 Å². The fourth-order valence-corrected chi connectivity index (χ4v) is 2.80. The Morgan fingerprint density at radius 3 is 2.78 bits per heavy atom. The summed E-state index contributed by atoms with van der Waals surface area (Å²) in [4.78, 5) is 26.7. The van der Waals surface area contributed by atoms with Crippen LogP contribution in [0.4, 0.5) is 0 Å². The average Bonchev–Trinajstić information content (AvgIpc) is 2.38. The van der Waals surface area contributed by atoms with Crippen molar-refractivity contribution >= 4 is 16.7 Å². The normalized spacial score (nSPS) is 14.5. The molecule has 0 saturated heterocycles. The molecular weight excluding hydrogens is 226 g/mol. The monoisotopic (exact) mass is 241 g/mol. The summed E-state index contributed by atoms with van der Waals surface area (Å²) in [6, 6.07) is 3.89. The molecule has 0 atom stereocenters. The van der Waals surface area contributed by atoms with Crippen LogP contribution in [0, 0.1) is 0 Å². The number of fused-ring (bicyclic) bond motifs is 3. The van der Waals surface area contributed by atoms with E-state index in [0.29, 0.717) is 5.39 Å². The topological polar surface area (TPSA) is 49.9 Å². The number of Topliss-reactive ketones (excluding diaryl/α,β-unsaturated/α-hetero) is 1. The first-order valence-electron chi connectivity index (χ1n) is 6.35. The lowest BCUT2D eigenvalue weighted by Crippen LogP contribution is -2.15. The summed E-state index contributed by atoms with van der Waals surface area (Å²) in [5.74, 6) is -0.184. The van der Waals surface area contributed by atoms with Crippen molar-refractivity contribution in [1.82, 2.24) is 4.98 Å². The number of ketones is 1. The minimum absolute atomic E-state index is 0.148. The number of aryl methyl sites for hydroxylation is 2. The van der Waals surface area contributed by atoms with Crippen molar-refractivity contribution in [2.75, 3.05) is 0 Å². The molecule has 1 N–H and O–H groups in total. The van der Waals surface area contributed by atoms with Gasteiger partial charge < -0.3 is 4.98 Å². The van der Waals surface area contributed by atoms with Gasteiger partial charge in [-0.2, -0.15) is 0 Å². The molecule has 0 amide bonds. The average molecular weight is 241 g/mol. The lowest BCUT2D eigenvalue weighted by molar-refractivity contribution is 0.101. The van der Waals surface area contributed by atoms with Gasteiger partial charge in [-0.25, -0.2) is 0 Å². The van der Waals surface area contributed by atoms with E-state index in [1.54, 1.807) is 6.20 Å². The summed E-state index contributed by atoms with van der Waals surface area (Å²) in [6.07, 6.45) is 6.04. The minimum Gasteiger partial charge on any atom is -0.360 e. The Kier molecular flexibility index (Phi) is 2.54. The van der Waals surface area contributed by atoms with Crippen molar-refractivity contribution < 1.29 is 4.79 Å². The zero-order valence-electron chi connectivity index (χ0n) is 10.4. The number of aromatic amines is 1. The Bertz CT molecular complexity index is 697. The number of pyridine rings is 1. The van der Waals surface area contributed by atoms with E-state index in [2.05, 4.69) is 4.98 Å². The van der Waals surface area contributed by atoms with Crippen molar-refractivity contribution in [2.45, 2.75) is 32.6 Å². The van der Waals surface area contributed by atoms with Crippen molar-refractivity contribution in [1.29, 1.82) is 0 Å². The van der Waals surface area contributed by atoms with Gasteiger partial charge in [-0.3, -0.25) is 9.59 Å². The van der Waals surface area contributed by atoms with Crippen molar-refractivity contribution in [3.05, 3.63) is 45.2 Å². The first kappa shape index (κ1) is 11.2. The van der Waals surface area contributed by atoms with Crippen molar-refractivity contribution in [3.8, 4) is 0 Å². The summed E-state index contributed by atoms with van der Waals surface area (Å²) >= 11 is 0. The SMILES string of the molecule is CC(=O)c1c[nH]c2c3c(ccc2c1=O)CCCC3. The van der Waals surface area contributed by atoms with Gasteiger partial charge in [0, 0.05) is 11.6 Å². The zero-order valence-corrected chi connectivity index (χ0v) is 10.4. The van der Waals surface area contributed by atoms with Crippen LogP contribution in [0.5, 0.6) is 0 Å². The van der Waals surface area contributed by atoms with Gasteiger partial charge in [-0.1, -0.05) is 6.07 Å². The second-order valence-corrected chi connectivity index (χ2v) is 4.92. The molecule has 0 fully saturated rings. The molecule has 1 heterocycles. The summed E-state index contributed by atoms with van der Waals surface area (Å²) in [7, 11) is 0. The predicted octanol–water partition coefficient (Wildman–Crippen LogP) is 2.61. The summed E-state index contributed by atoms with van der Waals surface area (Å²) in [6.45, 7) is 1.43. The Labute approximate surface area is 105 Å².